The number of ether oxygens (including phenoxy) is 1. The van der Waals surface area contributed by atoms with Crippen molar-refractivity contribution < 1.29 is 18.3 Å². The van der Waals surface area contributed by atoms with Gasteiger partial charge < -0.3 is 15.8 Å². The summed E-state index contributed by atoms with van der Waals surface area (Å²) in [6.07, 6.45) is 0. The minimum absolute atomic E-state index is 0.0588. The van der Waals surface area contributed by atoms with Crippen molar-refractivity contribution in [1.82, 2.24) is 5.32 Å². The number of carbonyl (C=O) groups is 1. The molecule has 0 unspecified atom stereocenters. The zero-order chi connectivity index (χ0) is 16.8. The van der Waals surface area contributed by atoms with Crippen LogP contribution in [0.25, 0.3) is 0 Å². The van der Waals surface area contributed by atoms with Crippen molar-refractivity contribution in [2.45, 2.75) is 26.1 Å². The molecule has 2 aromatic rings. The van der Waals surface area contributed by atoms with Crippen LogP contribution in [0.5, 0.6) is 5.75 Å². The lowest BCUT2D eigenvalue weighted by Gasteiger charge is -2.11. The van der Waals surface area contributed by atoms with E-state index in [0.29, 0.717) is 6.54 Å². The summed E-state index contributed by atoms with van der Waals surface area (Å²) in [6.45, 7) is 2.24. The number of primary amides is 1. The first kappa shape index (κ1) is 16.9. The fraction of sp³-hybridized carbons (Fsp3) is 0.235. The minimum atomic E-state index is -0.730. The Labute approximate surface area is 133 Å². The molecule has 0 saturated heterocycles. The number of para-hydroxylation sites is 1. The van der Waals surface area contributed by atoms with E-state index in [-0.39, 0.29) is 12.4 Å². The maximum atomic E-state index is 13.4. The van der Waals surface area contributed by atoms with Crippen molar-refractivity contribution in [3.05, 3.63) is 65.2 Å². The summed E-state index contributed by atoms with van der Waals surface area (Å²) < 4.78 is 32.1. The molecule has 2 rings (SSSR count). The Balaban J connectivity index is 1.91. The number of carbonyl (C=O) groups excluding carboxylic acids is 1. The van der Waals surface area contributed by atoms with Crippen molar-refractivity contribution in [2.24, 2.45) is 5.73 Å². The molecular formula is C17H18F2N2O2. The normalized spacial score (nSPS) is 12.0. The monoisotopic (exact) mass is 320 g/mol. The standard InChI is InChI=1S/C17H18F2N2O2/c1-11(17(20)22)21-9-12-5-7-13(8-6-12)10-23-16-14(18)3-2-4-15(16)19/h2-8,11,21H,9-10H2,1H3,(H2,20,22)/t11-/m0/s1. The topological polar surface area (TPSA) is 64.3 Å². The van der Waals surface area contributed by atoms with Crippen LogP contribution in [0.15, 0.2) is 42.5 Å². The van der Waals surface area contributed by atoms with E-state index in [9.17, 15) is 13.6 Å². The molecular weight excluding hydrogens is 302 g/mol. The van der Waals surface area contributed by atoms with Gasteiger partial charge in [-0.05, 0) is 30.2 Å². The molecule has 0 radical (unpaired) electrons. The Kier molecular flexibility index (Phi) is 5.65. The number of nitrogens with one attached hydrogen (secondary N) is 1. The number of rotatable bonds is 7. The van der Waals surface area contributed by atoms with Gasteiger partial charge in [-0.1, -0.05) is 30.3 Å². The lowest BCUT2D eigenvalue weighted by molar-refractivity contribution is -0.119. The lowest BCUT2D eigenvalue weighted by atomic mass is 10.1. The maximum Gasteiger partial charge on any atom is 0.234 e. The molecule has 0 spiro atoms. The summed E-state index contributed by atoms with van der Waals surface area (Å²) in [5.74, 6) is -2.26. The molecule has 0 aliphatic carbocycles. The largest absolute Gasteiger partial charge is 0.483 e. The van der Waals surface area contributed by atoms with Gasteiger partial charge in [-0.15, -0.1) is 0 Å². The van der Waals surface area contributed by atoms with Crippen LogP contribution in [-0.2, 0) is 17.9 Å². The van der Waals surface area contributed by atoms with Crippen molar-refractivity contribution in [3.8, 4) is 5.75 Å². The summed E-state index contributed by atoms with van der Waals surface area (Å²) in [5.41, 5.74) is 6.90. The second-order valence-electron chi connectivity index (χ2n) is 5.16. The molecule has 3 N–H and O–H groups in total. The molecule has 0 saturated carbocycles. The van der Waals surface area contributed by atoms with Gasteiger partial charge in [0.1, 0.15) is 6.61 Å². The Bertz CT molecular complexity index is 655. The van der Waals surface area contributed by atoms with Crippen LogP contribution >= 0.6 is 0 Å². The van der Waals surface area contributed by atoms with E-state index in [4.69, 9.17) is 10.5 Å². The average Bonchev–Trinajstić information content (AvgIpc) is 2.53. The number of hydrogen-bond donors (Lipinski definition) is 2. The number of amides is 1. The van der Waals surface area contributed by atoms with Gasteiger partial charge in [-0.25, -0.2) is 8.78 Å². The Morgan fingerprint density at radius 2 is 1.70 bits per heavy atom. The van der Waals surface area contributed by atoms with Gasteiger partial charge in [0, 0.05) is 6.54 Å². The summed E-state index contributed by atoms with van der Waals surface area (Å²) in [6, 6.07) is 10.4. The van der Waals surface area contributed by atoms with Gasteiger partial charge in [-0.3, -0.25) is 4.79 Å². The smallest absolute Gasteiger partial charge is 0.234 e. The quantitative estimate of drug-likeness (QED) is 0.824. The lowest BCUT2D eigenvalue weighted by Crippen LogP contribution is -2.38. The van der Waals surface area contributed by atoms with Crippen LogP contribution in [0.4, 0.5) is 8.78 Å². The van der Waals surface area contributed by atoms with Crippen molar-refractivity contribution >= 4 is 5.91 Å². The van der Waals surface area contributed by atoms with Crippen LogP contribution in [-0.4, -0.2) is 11.9 Å². The molecule has 4 nitrogen and oxygen atoms in total. The van der Waals surface area contributed by atoms with E-state index in [1.807, 2.05) is 12.1 Å². The minimum Gasteiger partial charge on any atom is -0.483 e. The maximum absolute atomic E-state index is 13.4. The molecule has 0 aliphatic rings. The van der Waals surface area contributed by atoms with Gasteiger partial charge in [0.25, 0.3) is 0 Å². The second-order valence-corrected chi connectivity index (χ2v) is 5.16. The van der Waals surface area contributed by atoms with Gasteiger partial charge in [-0.2, -0.15) is 0 Å². The van der Waals surface area contributed by atoms with E-state index in [1.54, 1.807) is 19.1 Å². The average molecular weight is 320 g/mol. The van der Waals surface area contributed by atoms with Crippen molar-refractivity contribution in [1.29, 1.82) is 0 Å². The molecule has 122 valence electrons. The van der Waals surface area contributed by atoms with Gasteiger partial charge >= 0.3 is 0 Å². The van der Waals surface area contributed by atoms with Crippen LogP contribution in [0.2, 0.25) is 0 Å². The van der Waals surface area contributed by atoms with Gasteiger partial charge in [0.05, 0.1) is 6.04 Å². The van der Waals surface area contributed by atoms with Crippen molar-refractivity contribution in [3.63, 3.8) is 0 Å². The molecule has 23 heavy (non-hydrogen) atoms. The Hall–Kier alpha value is -2.47. The van der Waals surface area contributed by atoms with E-state index in [0.717, 1.165) is 23.3 Å². The van der Waals surface area contributed by atoms with Crippen LogP contribution in [0, 0.1) is 11.6 Å². The third-order valence-electron chi connectivity index (χ3n) is 3.36. The first-order valence-electron chi connectivity index (χ1n) is 7.14. The summed E-state index contributed by atoms with van der Waals surface area (Å²) in [5, 5.41) is 2.99. The van der Waals surface area contributed by atoms with Crippen LogP contribution in [0.3, 0.4) is 0 Å². The third kappa shape index (κ3) is 4.75. The molecule has 0 aromatic heterocycles. The van der Waals surface area contributed by atoms with E-state index < -0.39 is 23.6 Å². The SMILES string of the molecule is C[C@H](NCc1ccc(COc2c(F)cccc2F)cc1)C(N)=O. The first-order chi connectivity index (χ1) is 11.0. The highest BCUT2D eigenvalue weighted by Crippen LogP contribution is 2.22. The molecule has 0 bridgehead atoms. The van der Waals surface area contributed by atoms with E-state index in [2.05, 4.69) is 5.32 Å². The number of nitrogens with two attached hydrogens (primary N) is 1. The molecule has 2 aromatic carbocycles. The van der Waals surface area contributed by atoms with Gasteiger partial charge in [0.2, 0.25) is 5.91 Å². The van der Waals surface area contributed by atoms with Crippen LogP contribution < -0.4 is 15.8 Å². The Morgan fingerprint density at radius 3 is 2.26 bits per heavy atom. The van der Waals surface area contributed by atoms with Crippen LogP contribution in [0.1, 0.15) is 18.1 Å². The molecule has 1 amide bonds. The predicted octanol–water partition coefficient (Wildman–Crippen LogP) is 2.51. The zero-order valence-corrected chi connectivity index (χ0v) is 12.7. The molecule has 0 aliphatic heterocycles. The highest BCUT2D eigenvalue weighted by molar-refractivity contribution is 5.79. The molecule has 6 heteroatoms. The van der Waals surface area contributed by atoms with E-state index >= 15 is 0 Å². The Morgan fingerprint density at radius 1 is 1.13 bits per heavy atom. The fourth-order valence-corrected chi connectivity index (χ4v) is 1.90. The predicted molar refractivity (Wildman–Crippen MR) is 82.6 cm³/mol. The highest BCUT2D eigenvalue weighted by atomic mass is 19.1. The van der Waals surface area contributed by atoms with Crippen molar-refractivity contribution in [2.75, 3.05) is 0 Å². The summed E-state index contributed by atoms with van der Waals surface area (Å²) in [4.78, 5) is 10.9. The number of halogens is 2. The third-order valence-corrected chi connectivity index (χ3v) is 3.36. The molecule has 0 heterocycles. The number of hydrogen-bond acceptors (Lipinski definition) is 3. The second kappa shape index (κ2) is 7.69. The van der Waals surface area contributed by atoms with E-state index in [1.165, 1.54) is 6.07 Å². The summed E-state index contributed by atoms with van der Waals surface area (Å²) in [7, 11) is 0. The molecule has 0 fully saturated rings. The summed E-state index contributed by atoms with van der Waals surface area (Å²) >= 11 is 0. The van der Waals surface area contributed by atoms with Gasteiger partial charge in [0.15, 0.2) is 17.4 Å². The zero-order valence-electron chi connectivity index (χ0n) is 12.7. The molecule has 1 atom stereocenters. The fourth-order valence-electron chi connectivity index (χ4n) is 1.90. The number of benzene rings is 2. The highest BCUT2D eigenvalue weighted by Gasteiger charge is 2.10. The first-order valence-corrected chi connectivity index (χ1v) is 7.14.